The third-order valence-corrected chi connectivity index (χ3v) is 4.13. The number of pyridine rings is 1. The maximum atomic E-state index is 12.4. The van der Waals surface area contributed by atoms with E-state index in [1.54, 1.807) is 42.5 Å². The predicted octanol–water partition coefficient (Wildman–Crippen LogP) is 3.76. The highest BCUT2D eigenvalue weighted by molar-refractivity contribution is 6.04. The summed E-state index contributed by atoms with van der Waals surface area (Å²) in [6.45, 7) is 1.64. The molecule has 2 amide bonds. The van der Waals surface area contributed by atoms with Gasteiger partial charge in [-0.2, -0.15) is 0 Å². The summed E-state index contributed by atoms with van der Waals surface area (Å²) in [7, 11) is 0. The molecular weight excluding hydrogens is 372 g/mol. The Bertz CT molecular complexity index is 1050. The molecule has 0 radical (unpaired) electrons. The van der Waals surface area contributed by atoms with Gasteiger partial charge in [-0.3, -0.25) is 9.59 Å². The number of ether oxygens (including phenoxy) is 2. The van der Waals surface area contributed by atoms with Crippen molar-refractivity contribution in [1.29, 1.82) is 0 Å². The molecule has 0 atom stereocenters. The van der Waals surface area contributed by atoms with E-state index < -0.39 is 0 Å². The van der Waals surface area contributed by atoms with Crippen LogP contribution in [0.5, 0.6) is 11.5 Å². The summed E-state index contributed by atoms with van der Waals surface area (Å²) >= 11 is 0. The summed E-state index contributed by atoms with van der Waals surface area (Å²) in [5.74, 6) is 1.46. The molecule has 0 spiro atoms. The Morgan fingerprint density at radius 3 is 2.31 bits per heavy atom. The molecule has 0 aliphatic carbocycles. The normalized spacial score (nSPS) is 11.6. The highest BCUT2D eigenvalue weighted by atomic mass is 16.7. The lowest BCUT2D eigenvalue weighted by molar-refractivity contribution is -0.114. The summed E-state index contributed by atoms with van der Waals surface area (Å²) in [4.78, 5) is 27.8. The van der Waals surface area contributed by atoms with Crippen molar-refractivity contribution in [2.45, 2.75) is 6.92 Å². The van der Waals surface area contributed by atoms with Crippen molar-refractivity contribution in [2.75, 3.05) is 22.7 Å². The Labute approximate surface area is 166 Å². The van der Waals surface area contributed by atoms with Crippen LogP contribution in [0.15, 0.2) is 60.8 Å². The number of aromatic nitrogens is 1. The predicted molar refractivity (Wildman–Crippen MR) is 109 cm³/mol. The van der Waals surface area contributed by atoms with Gasteiger partial charge in [0.25, 0.3) is 5.91 Å². The molecule has 0 fully saturated rings. The maximum absolute atomic E-state index is 12.4. The second-order valence-electron chi connectivity index (χ2n) is 6.34. The molecule has 1 aromatic heterocycles. The first kappa shape index (κ1) is 18.3. The Kier molecular flexibility index (Phi) is 4.98. The van der Waals surface area contributed by atoms with E-state index in [-0.39, 0.29) is 18.6 Å². The fraction of sp³-hybridized carbons (Fsp3) is 0.0952. The summed E-state index contributed by atoms with van der Waals surface area (Å²) in [5.41, 5.74) is 2.56. The lowest BCUT2D eigenvalue weighted by atomic mass is 10.2. The van der Waals surface area contributed by atoms with E-state index in [1.165, 1.54) is 13.1 Å². The van der Waals surface area contributed by atoms with Crippen LogP contribution in [0, 0.1) is 0 Å². The summed E-state index contributed by atoms with van der Waals surface area (Å²) < 4.78 is 10.6. The molecular formula is C21H18N4O4. The number of nitrogens with one attached hydrogen (secondary N) is 3. The van der Waals surface area contributed by atoms with Crippen LogP contribution in [0.4, 0.5) is 22.9 Å². The quantitative estimate of drug-likeness (QED) is 0.613. The third kappa shape index (κ3) is 4.44. The van der Waals surface area contributed by atoms with Crippen molar-refractivity contribution in [2.24, 2.45) is 0 Å². The summed E-state index contributed by atoms with van der Waals surface area (Å²) in [6, 6.07) is 15.8. The van der Waals surface area contributed by atoms with Crippen molar-refractivity contribution in [3.63, 3.8) is 0 Å². The first-order valence-electron chi connectivity index (χ1n) is 8.88. The van der Waals surface area contributed by atoms with Gasteiger partial charge in [-0.25, -0.2) is 4.98 Å². The fourth-order valence-electron chi connectivity index (χ4n) is 2.77. The van der Waals surface area contributed by atoms with Gasteiger partial charge in [0.1, 0.15) is 5.82 Å². The number of anilines is 4. The lowest BCUT2D eigenvalue weighted by Crippen LogP contribution is -2.12. The molecule has 0 saturated heterocycles. The van der Waals surface area contributed by atoms with Crippen molar-refractivity contribution >= 4 is 34.7 Å². The zero-order valence-electron chi connectivity index (χ0n) is 15.6. The van der Waals surface area contributed by atoms with Gasteiger partial charge < -0.3 is 25.4 Å². The Balaban J connectivity index is 1.38. The van der Waals surface area contributed by atoms with Crippen LogP contribution >= 0.6 is 0 Å². The van der Waals surface area contributed by atoms with Gasteiger partial charge in [-0.1, -0.05) is 0 Å². The van der Waals surface area contributed by atoms with E-state index >= 15 is 0 Å². The van der Waals surface area contributed by atoms with Crippen LogP contribution in [-0.2, 0) is 4.79 Å². The van der Waals surface area contributed by atoms with Crippen LogP contribution in [0.25, 0.3) is 0 Å². The van der Waals surface area contributed by atoms with Crippen molar-refractivity contribution in [3.8, 4) is 11.5 Å². The minimum absolute atomic E-state index is 0.123. The minimum atomic E-state index is -0.275. The molecule has 1 aliphatic heterocycles. The molecule has 2 heterocycles. The van der Waals surface area contributed by atoms with Crippen LogP contribution in [0.3, 0.4) is 0 Å². The highest BCUT2D eigenvalue weighted by Crippen LogP contribution is 2.34. The topological polar surface area (TPSA) is 102 Å². The van der Waals surface area contributed by atoms with Gasteiger partial charge in [-0.15, -0.1) is 0 Å². The average molecular weight is 390 g/mol. The number of fused-ring (bicyclic) bond motifs is 1. The molecule has 146 valence electrons. The zero-order chi connectivity index (χ0) is 20.2. The summed E-state index contributed by atoms with van der Waals surface area (Å²) in [6.07, 6.45) is 1.50. The molecule has 8 heteroatoms. The number of carbonyl (C=O) groups is 2. The van der Waals surface area contributed by atoms with E-state index in [9.17, 15) is 9.59 Å². The van der Waals surface area contributed by atoms with Crippen LogP contribution in [0.1, 0.15) is 17.3 Å². The standard InChI is InChI=1S/C21H18N4O4/c1-13(26)23-15-3-5-16(6-4-15)24-20-9-2-14(11-22-20)21(27)25-17-7-8-18-19(10-17)29-12-28-18/h2-11H,12H2,1H3,(H,22,24)(H,23,26)(H,25,27). The number of hydrogen-bond acceptors (Lipinski definition) is 6. The Morgan fingerprint density at radius 2 is 1.59 bits per heavy atom. The van der Waals surface area contributed by atoms with Crippen LogP contribution < -0.4 is 25.4 Å². The first-order valence-corrected chi connectivity index (χ1v) is 8.88. The smallest absolute Gasteiger partial charge is 0.257 e. The van der Waals surface area contributed by atoms with E-state index in [1.807, 2.05) is 12.1 Å². The molecule has 8 nitrogen and oxygen atoms in total. The second kappa shape index (κ2) is 7.89. The molecule has 3 N–H and O–H groups in total. The first-order chi connectivity index (χ1) is 14.1. The van der Waals surface area contributed by atoms with Crippen molar-refractivity contribution in [1.82, 2.24) is 4.98 Å². The van der Waals surface area contributed by atoms with E-state index in [4.69, 9.17) is 9.47 Å². The van der Waals surface area contributed by atoms with Gasteiger partial charge in [0, 0.05) is 36.2 Å². The highest BCUT2D eigenvalue weighted by Gasteiger charge is 2.14. The van der Waals surface area contributed by atoms with E-state index in [2.05, 4.69) is 20.9 Å². The number of nitrogens with zero attached hydrogens (tertiary/aromatic N) is 1. The largest absolute Gasteiger partial charge is 0.454 e. The fourth-order valence-corrected chi connectivity index (χ4v) is 2.77. The van der Waals surface area contributed by atoms with Crippen LogP contribution in [-0.4, -0.2) is 23.6 Å². The number of amides is 2. The van der Waals surface area contributed by atoms with Gasteiger partial charge >= 0.3 is 0 Å². The maximum Gasteiger partial charge on any atom is 0.257 e. The molecule has 3 aromatic rings. The molecule has 2 aromatic carbocycles. The Morgan fingerprint density at radius 1 is 0.862 bits per heavy atom. The number of rotatable bonds is 5. The molecule has 4 rings (SSSR count). The van der Waals surface area contributed by atoms with Gasteiger partial charge in [0.05, 0.1) is 5.56 Å². The second-order valence-corrected chi connectivity index (χ2v) is 6.34. The molecule has 0 unspecified atom stereocenters. The molecule has 29 heavy (non-hydrogen) atoms. The average Bonchev–Trinajstić information content (AvgIpc) is 3.17. The molecule has 1 aliphatic rings. The summed E-state index contributed by atoms with van der Waals surface area (Å²) in [5, 5.41) is 8.66. The molecule has 0 saturated carbocycles. The number of hydrogen-bond donors (Lipinski definition) is 3. The van der Waals surface area contributed by atoms with E-state index in [0.29, 0.717) is 34.3 Å². The van der Waals surface area contributed by atoms with Gasteiger partial charge in [-0.05, 0) is 48.5 Å². The number of carbonyl (C=O) groups excluding carboxylic acids is 2. The number of benzene rings is 2. The monoisotopic (exact) mass is 390 g/mol. The zero-order valence-corrected chi connectivity index (χ0v) is 15.6. The molecule has 0 bridgehead atoms. The van der Waals surface area contributed by atoms with Crippen LogP contribution in [0.2, 0.25) is 0 Å². The van der Waals surface area contributed by atoms with Gasteiger partial charge in [0.15, 0.2) is 11.5 Å². The minimum Gasteiger partial charge on any atom is -0.454 e. The van der Waals surface area contributed by atoms with E-state index in [0.717, 1.165) is 5.69 Å². The lowest BCUT2D eigenvalue weighted by Gasteiger charge is -2.09. The van der Waals surface area contributed by atoms with Crippen molar-refractivity contribution in [3.05, 3.63) is 66.4 Å². The third-order valence-electron chi connectivity index (χ3n) is 4.13. The van der Waals surface area contributed by atoms with Gasteiger partial charge in [0.2, 0.25) is 12.7 Å². The van der Waals surface area contributed by atoms with Crippen molar-refractivity contribution < 1.29 is 19.1 Å². The Hall–Kier alpha value is -4.07. The SMILES string of the molecule is CC(=O)Nc1ccc(Nc2ccc(C(=O)Nc3ccc4c(c3)OCO4)cn2)cc1.